The van der Waals surface area contributed by atoms with Crippen LogP contribution in [0.3, 0.4) is 0 Å². The van der Waals surface area contributed by atoms with E-state index in [0.29, 0.717) is 0 Å². The predicted molar refractivity (Wildman–Crippen MR) is 86.6 cm³/mol. The van der Waals surface area contributed by atoms with Crippen molar-refractivity contribution in [1.82, 2.24) is 10.3 Å². The highest BCUT2D eigenvalue weighted by Crippen LogP contribution is 2.24. The molecular weight excluding hydrogens is 260 g/mol. The van der Waals surface area contributed by atoms with Crippen LogP contribution in [-0.2, 0) is 0 Å². The topological polar surface area (TPSA) is 34.2 Å². The maximum atomic E-state index is 5.65. The number of hydrogen-bond acceptors (Lipinski definition) is 3. The van der Waals surface area contributed by atoms with E-state index in [1.807, 2.05) is 24.5 Å². The van der Waals surface area contributed by atoms with Crippen molar-refractivity contribution in [1.29, 1.82) is 0 Å². The molecule has 0 spiro atoms. The number of ether oxygens (including phenoxy) is 1. The largest absolute Gasteiger partial charge is 0.494 e. The lowest BCUT2D eigenvalue weighted by Crippen LogP contribution is -2.23. The fourth-order valence-corrected chi connectivity index (χ4v) is 2.25. The monoisotopic (exact) mass is 284 g/mol. The summed E-state index contributed by atoms with van der Waals surface area (Å²) in [7, 11) is 0. The third-order valence-electron chi connectivity index (χ3n) is 3.32. The molecule has 0 fully saturated rings. The van der Waals surface area contributed by atoms with Gasteiger partial charge in [-0.2, -0.15) is 0 Å². The van der Waals surface area contributed by atoms with E-state index in [2.05, 4.69) is 48.4 Å². The van der Waals surface area contributed by atoms with Crippen LogP contribution in [0.5, 0.6) is 5.75 Å². The molecule has 112 valence electrons. The van der Waals surface area contributed by atoms with E-state index >= 15 is 0 Å². The number of nitrogens with one attached hydrogen (secondary N) is 1. The maximum Gasteiger partial charge on any atom is 0.119 e. The van der Waals surface area contributed by atoms with Gasteiger partial charge < -0.3 is 10.1 Å². The molecular formula is C18H24N2O. The Balaban J connectivity index is 2.16. The second-order valence-corrected chi connectivity index (χ2v) is 5.09. The number of benzene rings is 1. The van der Waals surface area contributed by atoms with Crippen molar-refractivity contribution >= 4 is 0 Å². The lowest BCUT2D eigenvalue weighted by Gasteiger charge is -2.19. The Hall–Kier alpha value is -1.87. The summed E-state index contributed by atoms with van der Waals surface area (Å²) in [6, 6.07) is 12.7. The number of aromatic nitrogens is 1. The Morgan fingerprint density at radius 2 is 1.62 bits per heavy atom. The molecule has 2 rings (SSSR count). The van der Waals surface area contributed by atoms with E-state index in [0.717, 1.165) is 31.7 Å². The van der Waals surface area contributed by atoms with Crippen molar-refractivity contribution < 1.29 is 4.74 Å². The molecule has 0 aliphatic heterocycles. The van der Waals surface area contributed by atoms with Gasteiger partial charge in [0.25, 0.3) is 0 Å². The van der Waals surface area contributed by atoms with Crippen LogP contribution in [0.4, 0.5) is 0 Å². The molecule has 0 saturated heterocycles. The predicted octanol–water partition coefficient (Wildman–Crippen LogP) is 3.96. The average molecular weight is 284 g/mol. The molecule has 1 atom stereocenters. The third-order valence-corrected chi connectivity index (χ3v) is 3.32. The zero-order valence-electron chi connectivity index (χ0n) is 12.9. The van der Waals surface area contributed by atoms with E-state index in [1.54, 1.807) is 0 Å². The summed E-state index contributed by atoms with van der Waals surface area (Å²) >= 11 is 0. The lowest BCUT2D eigenvalue weighted by atomic mass is 9.99. The zero-order valence-corrected chi connectivity index (χ0v) is 12.9. The zero-order chi connectivity index (χ0) is 14.9. The molecule has 1 N–H and O–H groups in total. The van der Waals surface area contributed by atoms with E-state index in [1.165, 1.54) is 11.1 Å². The fraction of sp³-hybridized carbons (Fsp3) is 0.389. The normalized spacial score (nSPS) is 12.1. The number of hydrogen-bond donors (Lipinski definition) is 1. The minimum Gasteiger partial charge on any atom is -0.494 e. The van der Waals surface area contributed by atoms with Gasteiger partial charge in [0.2, 0.25) is 0 Å². The molecule has 1 unspecified atom stereocenters. The van der Waals surface area contributed by atoms with Crippen LogP contribution in [-0.4, -0.2) is 18.1 Å². The molecule has 2 aromatic rings. The fourth-order valence-electron chi connectivity index (χ4n) is 2.25. The summed E-state index contributed by atoms with van der Waals surface area (Å²) in [5, 5.41) is 3.60. The van der Waals surface area contributed by atoms with Crippen LogP contribution in [0, 0.1) is 0 Å². The van der Waals surface area contributed by atoms with E-state index in [9.17, 15) is 0 Å². The average Bonchev–Trinajstić information content (AvgIpc) is 2.55. The molecule has 0 aliphatic rings. The van der Waals surface area contributed by atoms with Crippen LogP contribution in [0.25, 0.3) is 0 Å². The SMILES string of the molecule is CCCNC(c1ccncc1)c1ccc(OCCC)cc1. The van der Waals surface area contributed by atoms with E-state index < -0.39 is 0 Å². The standard InChI is InChI=1S/C18H24N2O/c1-3-11-20-18(16-9-12-19-13-10-16)15-5-7-17(8-6-15)21-14-4-2/h5-10,12-13,18,20H,3-4,11,14H2,1-2H3. The summed E-state index contributed by atoms with van der Waals surface area (Å²) in [5.41, 5.74) is 2.49. The highest BCUT2D eigenvalue weighted by molar-refractivity contribution is 5.34. The van der Waals surface area contributed by atoms with Crippen molar-refractivity contribution in [2.75, 3.05) is 13.2 Å². The van der Waals surface area contributed by atoms with Crippen molar-refractivity contribution in [2.24, 2.45) is 0 Å². The Kier molecular flexibility index (Phi) is 6.22. The summed E-state index contributed by atoms with van der Waals surface area (Å²) in [4.78, 5) is 4.10. The molecule has 3 heteroatoms. The van der Waals surface area contributed by atoms with Gasteiger partial charge in [0.1, 0.15) is 5.75 Å². The molecule has 0 saturated carbocycles. The molecule has 1 aromatic carbocycles. The smallest absolute Gasteiger partial charge is 0.119 e. The Labute approximate surface area is 127 Å². The molecule has 0 aliphatic carbocycles. The first-order valence-corrected chi connectivity index (χ1v) is 7.71. The Bertz CT molecular complexity index is 511. The Morgan fingerprint density at radius 3 is 2.24 bits per heavy atom. The second kappa shape index (κ2) is 8.42. The summed E-state index contributed by atoms with van der Waals surface area (Å²) < 4.78 is 5.65. The van der Waals surface area contributed by atoms with Crippen LogP contribution in [0.2, 0.25) is 0 Å². The number of pyridine rings is 1. The van der Waals surface area contributed by atoms with Gasteiger partial charge >= 0.3 is 0 Å². The van der Waals surface area contributed by atoms with Crippen LogP contribution in [0.15, 0.2) is 48.8 Å². The quantitative estimate of drug-likeness (QED) is 0.796. The van der Waals surface area contributed by atoms with Crippen molar-refractivity contribution in [3.05, 3.63) is 59.9 Å². The molecule has 3 nitrogen and oxygen atoms in total. The van der Waals surface area contributed by atoms with Gasteiger partial charge in [-0.1, -0.05) is 26.0 Å². The van der Waals surface area contributed by atoms with Crippen LogP contribution in [0.1, 0.15) is 43.9 Å². The first kappa shape index (κ1) is 15.5. The minimum atomic E-state index is 0.202. The van der Waals surface area contributed by atoms with Gasteiger partial charge in [0.05, 0.1) is 12.6 Å². The van der Waals surface area contributed by atoms with E-state index in [4.69, 9.17) is 4.74 Å². The molecule has 21 heavy (non-hydrogen) atoms. The number of nitrogens with zero attached hydrogens (tertiary/aromatic N) is 1. The van der Waals surface area contributed by atoms with Crippen molar-refractivity contribution in [3.8, 4) is 5.75 Å². The molecule has 0 amide bonds. The van der Waals surface area contributed by atoms with Crippen LogP contribution >= 0.6 is 0 Å². The number of rotatable bonds is 8. The van der Waals surface area contributed by atoms with Gasteiger partial charge in [0.15, 0.2) is 0 Å². The van der Waals surface area contributed by atoms with Gasteiger partial charge in [0, 0.05) is 12.4 Å². The first-order valence-electron chi connectivity index (χ1n) is 7.71. The van der Waals surface area contributed by atoms with Crippen molar-refractivity contribution in [2.45, 2.75) is 32.7 Å². The van der Waals surface area contributed by atoms with Gasteiger partial charge in [-0.3, -0.25) is 4.98 Å². The lowest BCUT2D eigenvalue weighted by molar-refractivity contribution is 0.317. The first-order chi connectivity index (χ1) is 10.3. The highest BCUT2D eigenvalue weighted by Gasteiger charge is 2.13. The highest BCUT2D eigenvalue weighted by atomic mass is 16.5. The van der Waals surface area contributed by atoms with E-state index in [-0.39, 0.29) is 6.04 Å². The van der Waals surface area contributed by atoms with Crippen molar-refractivity contribution in [3.63, 3.8) is 0 Å². The summed E-state index contributed by atoms with van der Waals surface area (Å²) in [6.45, 7) is 6.04. The van der Waals surface area contributed by atoms with Crippen LogP contribution < -0.4 is 10.1 Å². The maximum absolute atomic E-state index is 5.65. The van der Waals surface area contributed by atoms with Gasteiger partial charge in [-0.05, 0) is 54.8 Å². The Morgan fingerprint density at radius 1 is 0.952 bits per heavy atom. The minimum absolute atomic E-state index is 0.202. The molecule has 1 heterocycles. The molecule has 1 aromatic heterocycles. The molecule has 0 bridgehead atoms. The summed E-state index contributed by atoms with van der Waals surface area (Å²) in [6.07, 6.45) is 5.82. The second-order valence-electron chi connectivity index (χ2n) is 5.09. The van der Waals surface area contributed by atoms with Gasteiger partial charge in [-0.15, -0.1) is 0 Å². The van der Waals surface area contributed by atoms with Gasteiger partial charge in [-0.25, -0.2) is 0 Å². The molecule has 0 radical (unpaired) electrons. The summed E-state index contributed by atoms with van der Waals surface area (Å²) in [5.74, 6) is 0.935. The third kappa shape index (κ3) is 4.57.